The Morgan fingerprint density at radius 1 is 1.06 bits per heavy atom. The summed E-state index contributed by atoms with van der Waals surface area (Å²) in [6, 6.07) is 20.7. The fourth-order valence-electron chi connectivity index (χ4n) is 6.00. The lowest BCUT2D eigenvalue weighted by molar-refractivity contribution is -0.125. The topological polar surface area (TPSA) is 58.6 Å². The maximum atomic E-state index is 14.2. The van der Waals surface area contributed by atoms with E-state index in [-0.39, 0.29) is 29.7 Å². The Bertz CT molecular complexity index is 1310. The Kier molecular flexibility index (Phi) is 4.36. The molecule has 0 bridgehead atoms. The van der Waals surface area contributed by atoms with Gasteiger partial charge < -0.3 is 15.0 Å². The molecule has 0 radical (unpaired) electrons. The normalized spacial score (nSPS) is 27.5. The van der Waals surface area contributed by atoms with Crippen LogP contribution in [0.5, 0.6) is 5.75 Å². The van der Waals surface area contributed by atoms with Crippen LogP contribution in [0, 0.1) is 12.8 Å². The van der Waals surface area contributed by atoms with Gasteiger partial charge in [0.1, 0.15) is 11.3 Å². The number of carbonyl (C=O) groups is 2. The number of hydrogen-bond donors (Lipinski definition) is 1. The molecule has 0 spiro atoms. The standard InChI is InChI=1S/C27H23ClN2O3/c1-15-8-10-18-21(12-15)29-26(32)27(2)23(16-6-4-3-5-7-16)20-14-33-22-11-9-17(28)13-19(22)24(20)30(27)25(18)31/h3-13,20,23-24H,14H2,1-2H3,(H,29,32)/t20-,23+,24+,27-/m1/s1. The van der Waals surface area contributed by atoms with Crippen LogP contribution < -0.4 is 10.1 Å². The molecular formula is C27H23ClN2O3. The van der Waals surface area contributed by atoms with Crippen molar-refractivity contribution in [2.75, 3.05) is 11.9 Å². The summed E-state index contributed by atoms with van der Waals surface area (Å²) in [5, 5.41) is 3.66. The number of anilines is 1. The van der Waals surface area contributed by atoms with E-state index >= 15 is 0 Å². The van der Waals surface area contributed by atoms with Crippen LogP contribution in [0.15, 0.2) is 66.7 Å². The summed E-state index contributed by atoms with van der Waals surface area (Å²) in [6.07, 6.45) is 0. The third-order valence-electron chi connectivity index (χ3n) is 7.43. The molecule has 1 N–H and O–H groups in total. The van der Waals surface area contributed by atoms with Crippen LogP contribution in [-0.2, 0) is 4.79 Å². The van der Waals surface area contributed by atoms with Gasteiger partial charge in [-0.25, -0.2) is 0 Å². The van der Waals surface area contributed by atoms with E-state index in [1.807, 2.05) is 74.5 Å². The predicted octanol–water partition coefficient (Wildman–Crippen LogP) is 5.35. The molecule has 3 aliphatic heterocycles. The molecule has 0 aromatic heterocycles. The zero-order valence-corrected chi connectivity index (χ0v) is 19.1. The molecule has 5 nitrogen and oxygen atoms in total. The maximum absolute atomic E-state index is 14.2. The second-order valence-electron chi connectivity index (χ2n) is 9.32. The molecular weight excluding hydrogens is 436 g/mol. The molecule has 3 aliphatic rings. The molecule has 166 valence electrons. The summed E-state index contributed by atoms with van der Waals surface area (Å²) in [5.41, 5.74) is 2.78. The van der Waals surface area contributed by atoms with Crippen LogP contribution in [0.1, 0.15) is 45.9 Å². The van der Waals surface area contributed by atoms with E-state index in [9.17, 15) is 9.59 Å². The Balaban J connectivity index is 1.63. The largest absolute Gasteiger partial charge is 0.493 e. The van der Waals surface area contributed by atoms with E-state index in [0.29, 0.717) is 28.6 Å². The third kappa shape index (κ3) is 2.78. The minimum absolute atomic E-state index is 0.106. The molecule has 0 aliphatic carbocycles. The highest BCUT2D eigenvalue weighted by molar-refractivity contribution is 6.30. The highest BCUT2D eigenvalue weighted by Crippen LogP contribution is 2.60. The molecule has 6 heteroatoms. The highest BCUT2D eigenvalue weighted by atomic mass is 35.5. The lowest BCUT2D eigenvalue weighted by Crippen LogP contribution is -2.54. The van der Waals surface area contributed by atoms with Crippen LogP contribution in [0.4, 0.5) is 5.69 Å². The number of amides is 2. The predicted molar refractivity (Wildman–Crippen MR) is 127 cm³/mol. The van der Waals surface area contributed by atoms with Crippen LogP contribution >= 0.6 is 11.6 Å². The number of benzene rings is 3. The van der Waals surface area contributed by atoms with Crippen molar-refractivity contribution in [1.29, 1.82) is 0 Å². The first kappa shape index (κ1) is 20.3. The average Bonchev–Trinajstić information content (AvgIpc) is 3.05. The Hall–Kier alpha value is -3.31. The number of nitrogens with zero attached hydrogens (tertiary/aromatic N) is 1. The molecule has 3 aromatic carbocycles. The van der Waals surface area contributed by atoms with Crippen LogP contribution in [0.2, 0.25) is 5.02 Å². The van der Waals surface area contributed by atoms with Crippen molar-refractivity contribution in [3.63, 3.8) is 0 Å². The van der Waals surface area contributed by atoms with E-state index in [1.54, 1.807) is 11.0 Å². The van der Waals surface area contributed by atoms with Gasteiger partial charge >= 0.3 is 0 Å². The smallest absolute Gasteiger partial charge is 0.257 e. The van der Waals surface area contributed by atoms with E-state index in [4.69, 9.17) is 16.3 Å². The molecule has 0 saturated carbocycles. The molecule has 0 unspecified atom stereocenters. The van der Waals surface area contributed by atoms with Gasteiger partial charge in [0.25, 0.3) is 11.8 Å². The van der Waals surface area contributed by atoms with E-state index in [0.717, 1.165) is 16.7 Å². The number of rotatable bonds is 1. The zero-order chi connectivity index (χ0) is 22.9. The minimum atomic E-state index is -1.12. The second kappa shape index (κ2) is 7.09. The SMILES string of the molecule is Cc1ccc2c(c1)NC(=O)[C@@]1(C)[C@@H](c3ccccc3)[C@H]3COc4ccc(Cl)cc4[C@@H]3N1C2=O. The Morgan fingerprint density at radius 2 is 1.85 bits per heavy atom. The van der Waals surface area contributed by atoms with E-state index in [1.165, 1.54) is 0 Å². The molecule has 1 fully saturated rings. The molecule has 3 heterocycles. The first-order chi connectivity index (χ1) is 15.9. The van der Waals surface area contributed by atoms with Crippen LogP contribution in [0.3, 0.4) is 0 Å². The lowest BCUT2D eigenvalue weighted by atomic mass is 9.73. The van der Waals surface area contributed by atoms with Gasteiger partial charge in [0.05, 0.1) is 23.9 Å². The molecule has 4 atom stereocenters. The number of fused-ring (bicyclic) bond motifs is 6. The molecule has 6 rings (SSSR count). The van der Waals surface area contributed by atoms with Gasteiger partial charge in [-0.15, -0.1) is 0 Å². The molecule has 33 heavy (non-hydrogen) atoms. The summed E-state index contributed by atoms with van der Waals surface area (Å²) in [5.74, 6) is -0.00214. The van der Waals surface area contributed by atoms with Gasteiger partial charge in [0.2, 0.25) is 0 Å². The van der Waals surface area contributed by atoms with Crippen molar-refractivity contribution in [3.05, 3.63) is 94.0 Å². The maximum Gasteiger partial charge on any atom is 0.257 e. The summed E-state index contributed by atoms with van der Waals surface area (Å²) in [6.45, 7) is 4.25. The molecule has 2 amide bonds. The van der Waals surface area contributed by atoms with Crippen molar-refractivity contribution < 1.29 is 14.3 Å². The number of ether oxygens (including phenoxy) is 1. The molecule has 1 saturated heterocycles. The fourth-order valence-corrected chi connectivity index (χ4v) is 6.18. The fraction of sp³-hybridized carbons (Fsp3) is 0.259. The highest BCUT2D eigenvalue weighted by Gasteiger charge is 2.65. The van der Waals surface area contributed by atoms with Crippen LogP contribution in [-0.4, -0.2) is 28.9 Å². The lowest BCUT2D eigenvalue weighted by Gasteiger charge is -2.38. The van der Waals surface area contributed by atoms with Gasteiger partial charge in [-0.05, 0) is 55.3 Å². The van der Waals surface area contributed by atoms with Crippen molar-refractivity contribution in [2.45, 2.75) is 31.3 Å². The van der Waals surface area contributed by atoms with Crippen molar-refractivity contribution in [1.82, 2.24) is 4.90 Å². The third-order valence-corrected chi connectivity index (χ3v) is 7.67. The van der Waals surface area contributed by atoms with E-state index in [2.05, 4.69) is 5.32 Å². The van der Waals surface area contributed by atoms with Crippen molar-refractivity contribution in [2.24, 2.45) is 5.92 Å². The summed E-state index contributed by atoms with van der Waals surface area (Å²) >= 11 is 6.39. The van der Waals surface area contributed by atoms with Gasteiger partial charge in [0.15, 0.2) is 0 Å². The van der Waals surface area contributed by atoms with Crippen LogP contribution in [0.25, 0.3) is 0 Å². The Labute approximate surface area is 197 Å². The Morgan fingerprint density at radius 3 is 2.64 bits per heavy atom. The van der Waals surface area contributed by atoms with Crippen molar-refractivity contribution >= 4 is 29.1 Å². The minimum Gasteiger partial charge on any atom is -0.493 e. The van der Waals surface area contributed by atoms with E-state index < -0.39 is 5.54 Å². The summed E-state index contributed by atoms with van der Waals surface area (Å²) in [7, 11) is 0. The number of hydrogen-bond acceptors (Lipinski definition) is 3. The number of nitrogens with one attached hydrogen (secondary N) is 1. The van der Waals surface area contributed by atoms with Gasteiger partial charge in [-0.3, -0.25) is 9.59 Å². The monoisotopic (exact) mass is 458 g/mol. The van der Waals surface area contributed by atoms with Gasteiger partial charge in [-0.2, -0.15) is 0 Å². The molecule has 3 aromatic rings. The average molecular weight is 459 g/mol. The van der Waals surface area contributed by atoms with Gasteiger partial charge in [0, 0.05) is 22.4 Å². The quantitative estimate of drug-likeness (QED) is 0.534. The first-order valence-electron chi connectivity index (χ1n) is 11.1. The number of carbonyl (C=O) groups excluding carboxylic acids is 2. The second-order valence-corrected chi connectivity index (χ2v) is 9.75. The number of aryl methyl sites for hydroxylation is 1. The van der Waals surface area contributed by atoms with Gasteiger partial charge in [-0.1, -0.05) is 48.0 Å². The van der Waals surface area contributed by atoms with Crippen molar-refractivity contribution in [3.8, 4) is 5.75 Å². The number of halogens is 1. The zero-order valence-electron chi connectivity index (χ0n) is 18.3. The first-order valence-corrected chi connectivity index (χ1v) is 11.5. The summed E-state index contributed by atoms with van der Waals surface area (Å²) in [4.78, 5) is 29.9. The summed E-state index contributed by atoms with van der Waals surface area (Å²) < 4.78 is 6.15.